The number of nitrogens with two attached hydrogens (primary N) is 1. The Morgan fingerprint density at radius 3 is 2.21 bits per heavy atom. The SMILES string of the molecule is CC1=C(C(=O)O)N2C(=O)C(NC(=O)C(NC(=O)C(N)c3ccccc3)c3ccccc3)C2SC1. The van der Waals surface area contributed by atoms with Gasteiger partial charge in [0.05, 0.1) is 0 Å². The normalized spacial score (nSPS) is 21.1. The standard InChI is InChI=1S/C24H24N4O5S/c1-13-12-34-23-18(22(31)28(23)19(13)24(32)33)27-21(30)17(15-10-6-3-7-11-15)26-20(29)16(25)14-8-4-2-5-9-14/h2-11,16-18,23H,12,25H2,1H3,(H,26,29)(H,27,30)(H,32,33). The number of hydrogen-bond acceptors (Lipinski definition) is 6. The lowest BCUT2D eigenvalue weighted by Gasteiger charge is -2.49. The van der Waals surface area contributed by atoms with Gasteiger partial charge in [-0.05, 0) is 23.6 Å². The molecule has 4 rings (SSSR count). The van der Waals surface area contributed by atoms with Crippen LogP contribution < -0.4 is 16.4 Å². The van der Waals surface area contributed by atoms with Crippen LogP contribution in [0.1, 0.15) is 30.1 Å². The Labute approximate surface area is 200 Å². The number of thioether (sulfide) groups is 1. The van der Waals surface area contributed by atoms with Crippen molar-refractivity contribution in [1.82, 2.24) is 15.5 Å². The molecule has 176 valence electrons. The molecule has 0 saturated carbocycles. The molecule has 0 aromatic heterocycles. The first-order chi connectivity index (χ1) is 16.3. The van der Waals surface area contributed by atoms with Crippen LogP contribution in [0.2, 0.25) is 0 Å². The molecule has 2 aromatic rings. The molecule has 1 saturated heterocycles. The average Bonchev–Trinajstić information content (AvgIpc) is 2.85. The Morgan fingerprint density at radius 2 is 1.62 bits per heavy atom. The van der Waals surface area contributed by atoms with Crippen LogP contribution in [0, 0.1) is 0 Å². The molecule has 2 heterocycles. The molecule has 9 nitrogen and oxygen atoms in total. The van der Waals surface area contributed by atoms with E-state index >= 15 is 0 Å². The summed E-state index contributed by atoms with van der Waals surface area (Å²) in [7, 11) is 0. The van der Waals surface area contributed by atoms with E-state index in [1.165, 1.54) is 16.7 Å². The summed E-state index contributed by atoms with van der Waals surface area (Å²) in [5.41, 5.74) is 7.77. The third-order valence-electron chi connectivity index (χ3n) is 5.78. The molecule has 4 atom stereocenters. The lowest BCUT2D eigenvalue weighted by molar-refractivity contribution is -0.151. The number of benzene rings is 2. The van der Waals surface area contributed by atoms with Crippen LogP contribution in [0.15, 0.2) is 71.9 Å². The van der Waals surface area contributed by atoms with Gasteiger partial charge in [-0.25, -0.2) is 4.79 Å². The van der Waals surface area contributed by atoms with Crippen LogP contribution in [-0.2, 0) is 19.2 Å². The summed E-state index contributed by atoms with van der Waals surface area (Å²) >= 11 is 1.38. The third-order valence-corrected chi connectivity index (χ3v) is 7.21. The maximum atomic E-state index is 13.3. The zero-order valence-corrected chi connectivity index (χ0v) is 19.1. The fourth-order valence-electron chi connectivity index (χ4n) is 4.00. The van der Waals surface area contributed by atoms with Crippen molar-refractivity contribution in [2.45, 2.75) is 30.4 Å². The van der Waals surface area contributed by atoms with Gasteiger partial charge in [0, 0.05) is 5.75 Å². The third kappa shape index (κ3) is 4.42. The topological polar surface area (TPSA) is 142 Å². The van der Waals surface area contributed by atoms with Crippen LogP contribution in [0.3, 0.4) is 0 Å². The average molecular weight is 481 g/mol. The Bertz CT molecular complexity index is 1150. The van der Waals surface area contributed by atoms with Crippen molar-refractivity contribution in [3.05, 3.63) is 83.1 Å². The van der Waals surface area contributed by atoms with Crippen molar-refractivity contribution in [2.75, 3.05) is 5.75 Å². The highest BCUT2D eigenvalue weighted by atomic mass is 32.2. The maximum Gasteiger partial charge on any atom is 0.352 e. The number of nitrogens with one attached hydrogen (secondary N) is 2. The van der Waals surface area contributed by atoms with Gasteiger partial charge < -0.3 is 21.5 Å². The number of fused-ring (bicyclic) bond motifs is 1. The molecule has 2 aliphatic heterocycles. The van der Waals surface area contributed by atoms with E-state index in [4.69, 9.17) is 5.73 Å². The predicted octanol–water partition coefficient (Wildman–Crippen LogP) is 1.30. The van der Waals surface area contributed by atoms with Gasteiger partial charge in [-0.1, -0.05) is 60.7 Å². The van der Waals surface area contributed by atoms with Gasteiger partial charge in [-0.3, -0.25) is 19.3 Å². The second-order valence-electron chi connectivity index (χ2n) is 8.07. The molecular formula is C24H24N4O5S. The number of nitrogens with zero attached hydrogens (tertiary/aromatic N) is 1. The molecule has 0 radical (unpaired) electrons. The lowest BCUT2D eigenvalue weighted by atomic mass is 10.0. The smallest absolute Gasteiger partial charge is 0.352 e. The minimum atomic E-state index is -1.18. The summed E-state index contributed by atoms with van der Waals surface area (Å²) in [6.07, 6.45) is 0. The zero-order chi connectivity index (χ0) is 24.4. The van der Waals surface area contributed by atoms with E-state index in [2.05, 4.69) is 10.6 Å². The van der Waals surface area contributed by atoms with E-state index in [0.717, 1.165) is 0 Å². The van der Waals surface area contributed by atoms with Crippen LogP contribution in [0.25, 0.3) is 0 Å². The Hall–Kier alpha value is -3.63. The minimum Gasteiger partial charge on any atom is -0.477 e. The van der Waals surface area contributed by atoms with E-state index in [9.17, 15) is 24.3 Å². The fourth-order valence-corrected chi connectivity index (χ4v) is 5.29. The molecule has 2 aromatic carbocycles. The van der Waals surface area contributed by atoms with Crippen molar-refractivity contribution in [3.63, 3.8) is 0 Å². The number of carboxylic acids is 1. The lowest BCUT2D eigenvalue weighted by Crippen LogP contribution is -2.71. The second-order valence-corrected chi connectivity index (χ2v) is 9.18. The maximum absolute atomic E-state index is 13.3. The largest absolute Gasteiger partial charge is 0.477 e. The van der Waals surface area contributed by atoms with Gasteiger partial charge in [0.25, 0.3) is 5.91 Å². The highest BCUT2D eigenvalue weighted by molar-refractivity contribution is 8.00. The first kappa shape index (κ1) is 23.5. The summed E-state index contributed by atoms with van der Waals surface area (Å²) in [4.78, 5) is 51.7. The summed E-state index contributed by atoms with van der Waals surface area (Å²) in [6, 6.07) is 14.4. The molecule has 2 aliphatic rings. The van der Waals surface area contributed by atoms with Crippen molar-refractivity contribution in [3.8, 4) is 0 Å². The molecule has 0 aliphatic carbocycles. The summed E-state index contributed by atoms with van der Waals surface area (Å²) in [6.45, 7) is 1.67. The molecule has 1 fully saturated rings. The minimum absolute atomic E-state index is 0.0407. The molecule has 5 N–H and O–H groups in total. The van der Waals surface area contributed by atoms with Crippen molar-refractivity contribution >= 4 is 35.5 Å². The van der Waals surface area contributed by atoms with E-state index in [-0.39, 0.29) is 5.70 Å². The summed E-state index contributed by atoms with van der Waals surface area (Å²) < 4.78 is 0. The molecule has 34 heavy (non-hydrogen) atoms. The number of carboxylic acid groups (broad SMARTS) is 1. The Morgan fingerprint density at radius 1 is 1.03 bits per heavy atom. The van der Waals surface area contributed by atoms with Crippen molar-refractivity contribution in [2.24, 2.45) is 5.73 Å². The van der Waals surface area contributed by atoms with E-state index in [1.807, 2.05) is 6.07 Å². The molecule has 0 spiro atoms. The van der Waals surface area contributed by atoms with E-state index in [1.54, 1.807) is 61.5 Å². The van der Waals surface area contributed by atoms with Crippen LogP contribution in [0.5, 0.6) is 0 Å². The first-order valence-electron chi connectivity index (χ1n) is 10.6. The van der Waals surface area contributed by atoms with Gasteiger partial charge in [0.2, 0.25) is 11.8 Å². The van der Waals surface area contributed by atoms with Gasteiger partial charge in [-0.15, -0.1) is 11.8 Å². The Kier molecular flexibility index (Phi) is 6.71. The van der Waals surface area contributed by atoms with Crippen LogP contribution in [0.4, 0.5) is 0 Å². The number of rotatable bonds is 7. The summed E-state index contributed by atoms with van der Waals surface area (Å²) in [5, 5.41) is 14.4. The fraction of sp³-hybridized carbons (Fsp3) is 0.250. The molecule has 0 bridgehead atoms. The highest BCUT2D eigenvalue weighted by Gasteiger charge is 2.54. The van der Waals surface area contributed by atoms with Crippen LogP contribution in [-0.4, -0.2) is 50.9 Å². The van der Waals surface area contributed by atoms with E-state index in [0.29, 0.717) is 22.5 Å². The zero-order valence-electron chi connectivity index (χ0n) is 18.3. The highest BCUT2D eigenvalue weighted by Crippen LogP contribution is 2.40. The van der Waals surface area contributed by atoms with Crippen LogP contribution >= 0.6 is 11.8 Å². The molecule has 3 amide bonds. The monoisotopic (exact) mass is 480 g/mol. The Balaban J connectivity index is 1.52. The number of carbonyl (C=O) groups excluding carboxylic acids is 3. The number of aliphatic carboxylic acids is 1. The number of amides is 3. The molecular weight excluding hydrogens is 456 g/mol. The predicted molar refractivity (Wildman–Crippen MR) is 126 cm³/mol. The molecule has 10 heteroatoms. The number of carbonyl (C=O) groups is 4. The van der Waals surface area contributed by atoms with Gasteiger partial charge in [0.15, 0.2) is 0 Å². The quantitative estimate of drug-likeness (QED) is 0.438. The first-order valence-corrected chi connectivity index (χ1v) is 11.7. The van der Waals surface area contributed by atoms with Gasteiger partial charge in [0.1, 0.15) is 29.2 Å². The summed E-state index contributed by atoms with van der Waals surface area (Å²) in [5.74, 6) is -2.36. The van der Waals surface area contributed by atoms with Gasteiger partial charge in [-0.2, -0.15) is 0 Å². The second kappa shape index (κ2) is 9.70. The van der Waals surface area contributed by atoms with Crippen molar-refractivity contribution in [1.29, 1.82) is 0 Å². The molecule has 4 unspecified atom stereocenters. The van der Waals surface area contributed by atoms with Crippen molar-refractivity contribution < 1.29 is 24.3 Å². The van der Waals surface area contributed by atoms with E-state index < -0.39 is 47.2 Å². The number of hydrogen-bond donors (Lipinski definition) is 4. The number of β-lactam (4-membered cyclic amide) rings is 1. The van der Waals surface area contributed by atoms with Gasteiger partial charge >= 0.3 is 5.97 Å².